The lowest BCUT2D eigenvalue weighted by Crippen LogP contribution is -2.03. The molecule has 0 aliphatic heterocycles. The summed E-state index contributed by atoms with van der Waals surface area (Å²) in [5.74, 6) is 0. The molecule has 3 nitrogen and oxygen atoms in total. The Balaban J connectivity index is 2.52. The van der Waals surface area contributed by atoms with Gasteiger partial charge < -0.3 is 10.6 Å². The highest BCUT2D eigenvalue weighted by Gasteiger charge is 1.97. The molecule has 82 valence electrons. The Morgan fingerprint density at radius 2 is 2.07 bits per heavy atom. The number of hydrogen-bond donors (Lipinski definition) is 1. The quantitative estimate of drug-likeness (QED) is 0.476. The first-order chi connectivity index (χ1) is 7.24. The topological polar surface area (TPSA) is 47.6 Å². The van der Waals surface area contributed by atoms with Gasteiger partial charge in [-0.15, -0.1) is 0 Å². The van der Waals surface area contributed by atoms with Crippen molar-refractivity contribution in [3.63, 3.8) is 0 Å². The molecule has 0 bridgehead atoms. The van der Waals surface area contributed by atoms with Crippen molar-refractivity contribution >= 4 is 17.3 Å². The average molecular weight is 227 g/mol. The molecule has 2 N–H and O–H groups in total. The van der Waals surface area contributed by atoms with Gasteiger partial charge in [0.2, 0.25) is 0 Å². The van der Waals surface area contributed by atoms with E-state index in [1.165, 1.54) is 0 Å². The average Bonchev–Trinajstić information content (AvgIpc) is 2.25. The van der Waals surface area contributed by atoms with Crippen molar-refractivity contribution < 1.29 is 4.84 Å². The molecule has 15 heavy (non-hydrogen) atoms. The first kappa shape index (κ1) is 12.0. The van der Waals surface area contributed by atoms with Crippen LogP contribution in [0.3, 0.4) is 0 Å². The monoisotopic (exact) mass is 226 g/mol. The summed E-state index contributed by atoms with van der Waals surface area (Å²) in [5, 5.41) is 4.70. The third-order valence-corrected chi connectivity index (χ3v) is 2.16. The molecular formula is C11H15ClN2O. The number of halogens is 1. The second-order valence-corrected chi connectivity index (χ2v) is 3.60. The molecule has 0 amide bonds. The minimum Gasteiger partial charge on any atom is -0.396 e. The van der Waals surface area contributed by atoms with E-state index < -0.39 is 0 Å². The third-order valence-electron chi connectivity index (χ3n) is 1.90. The molecule has 0 saturated heterocycles. The van der Waals surface area contributed by atoms with Gasteiger partial charge in [-0.3, -0.25) is 0 Å². The Hall–Kier alpha value is -1.06. The summed E-state index contributed by atoms with van der Waals surface area (Å²) in [6, 6.07) is 7.48. The molecule has 1 rings (SSSR count). The van der Waals surface area contributed by atoms with Crippen molar-refractivity contribution in [2.45, 2.75) is 13.3 Å². The van der Waals surface area contributed by atoms with Crippen LogP contribution < -0.4 is 5.73 Å². The minimum atomic E-state index is 0.557. The van der Waals surface area contributed by atoms with Crippen molar-refractivity contribution in [2.75, 3.05) is 13.2 Å². The Kier molecular flexibility index (Phi) is 5.15. The Labute approximate surface area is 94.9 Å². The summed E-state index contributed by atoms with van der Waals surface area (Å²) in [6.07, 6.45) is 0.817. The molecule has 4 heteroatoms. The Morgan fingerprint density at radius 1 is 1.40 bits per heavy atom. The molecule has 1 aromatic carbocycles. The number of benzene rings is 1. The predicted molar refractivity (Wildman–Crippen MR) is 63.3 cm³/mol. The summed E-state index contributed by atoms with van der Waals surface area (Å²) >= 11 is 5.78. The number of oxime groups is 1. The van der Waals surface area contributed by atoms with Crippen LogP contribution in [0.1, 0.15) is 18.9 Å². The summed E-state index contributed by atoms with van der Waals surface area (Å²) in [6.45, 7) is 3.07. The highest BCUT2D eigenvalue weighted by molar-refractivity contribution is 6.30. The molecule has 0 aliphatic rings. The number of nitrogens with zero attached hydrogens (tertiary/aromatic N) is 1. The van der Waals surface area contributed by atoms with Gasteiger partial charge in [-0.1, -0.05) is 28.9 Å². The van der Waals surface area contributed by atoms with E-state index in [1.807, 2.05) is 31.2 Å². The molecule has 1 aromatic rings. The first-order valence-corrected chi connectivity index (χ1v) is 5.24. The molecule has 0 atom stereocenters. The van der Waals surface area contributed by atoms with E-state index in [-0.39, 0.29) is 0 Å². The van der Waals surface area contributed by atoms with Gasteiger partial charge in [-0.2, -0.15) is 0 Å². The van der Waals surface area contributed by atoms with E-state index in [0.717, 1.165) is 22.7 Å². The smallest absolute Gasteiger partial charge is 0.118 e. The van der Waals surface area contributed by atoms with Crippen molar-refractivity contribution in [1.29, 1.82) is 0 Å². The largest absolute Gasteiger partial charge is 0.396 e. The highest BCUT2D eigenvalue weighted by atomic mass is 35.5. The maximum Gasteiger partial charge on any atom is 0.118 e. The molecule has 0 heterocycles. The molecular weight excluding hydrogens is 212 g/mol. The maximum atomic E-state index is 5.78. The highest BCUT2D eigenvalue weighted by Crippen LogP contribution is 2.10. The zero-order valence-corrected chi connectivity index (χ0v) is 9.50. The second-order valence-electron chi connectivity index (χ2n) is 3.16. The van der Waals surface area contributed by atoms with E-state index >= 15 is 0 Å². The molecule has 0 fully saturated rings. The molecule has 0 saturated carbocycles. The standard InChI is InChI=1S/C11H15ClN2O/c1-9(14-15-8-2-7-13)10-3-5-11(12)6-4-10/h3-6H,2,7-8,13H2,1H3. The van der Waals surface area contributed by atoms with Gasteiger partial charge in [-0.05, 0) is 37.6 Å². The maximum absolute atomic E-state index is 5.78. The van der Waals surface area contributed by atoms with Crippen LogP contribution in [0.4, 0.5) is 0 Å². The fraction of sp³-hybridized carbons (Fsp3) is 0.364. The normalized spacial score (nSPS) is 11.5. The van der Waals surface area contributed by atoms with E-state index in [2.05, 4.69) is 5.16 Å². The molecule has 0 spiro atoms. The van der Waals surface area contributed by atoms with Crippen LogP contribution in [-0.2, 0) is 4.84 Å². The van der Waals surface area contributed by atoms with Crippen LogP contribution in [-0.4, -0.2) is 18.9 Å². The lowest BCUT2D eigenvalue weighted by Gasteiger charge is -2.01. The number of rotatable bonds is 5. The van der Waals surface area contributed by atoms with Gasteiger partial charge in [0, 0.05) is 5.02 Å². The van der Waals surface area contributed by atoms with E-state index in [1.54, 1.807) is 0 Å². The van der Waals surface area contributed by atoms with E-state index in [4.69, 9.17) is 22.2 Å². The van der Waals surface area contributed by atoms with Crippen LogP contribution in [0.15, 0.2) is 29.4 Å². The molecule has 0 aliphatic carbocycles. The lowest BCUT2D eigenvalue weighted by atomic mass is 10.1. The van der Waals surface area contributed by atoms with Crippen molar-refractivity contribution in [3.8, 4) is 0 Å². The summed E-state index contributed by atoms with van der Waals surface area (Å²) in [5.41, 5.74) is 7.17. The number of hydrogen-bond acceptors (Lipinski definition) is 3. The van der Waals surface area contributed by atoms with Gasteiger partial charge >= 0.3 is 0 Å². The van der Waals surface area contributed by atoms with Crippen molar-refractivity contribution in [2.24, 2.45) is 10.9 Å². The number of nitrogens with two attached hydrogens (primary N) is 1. The van der Waals surface area contributed by atoms with E-state index in [9.17, 15) is 0 Å². The van der Waals surface area contributed by atoms with Gasteiger partial charge in [-0.25, -0.2) is 0 Å². The van der Waals surface area contributed by atoms with E-state index in [0.29, 0.717) is 13.2 Å². The van der Waals surface area contributed by atoms with Gasteiger partial charge in [0.1, 0.15) is 6.61 Å². The van der Waals surface area contributed by atoms with Gasteiger partial charge in [0.05, 0.1) is 5.71 Å². The second kappa shape index (κ2) is 6.43. The first-order valence-electron chi connectivity index (χ1n) is 4.86. The van der Waals surface area contributed by atoms with Gasteiger partial charge in [0.25, 0.3) is 0 Å². The minimum absolute atomic E-state index is 0.557. The van der Waals surface area contributed by atoms with Crippen LogP contribution in [0.5, 0.6) is 0 Å². The Morgan fingerprint density at radius 3 is 2.67 bits per heavy atom. The SMILES string of the molecule is CC(=NOCCCN)c1ccc(Cl)cc1. The summed E-state index contributed by atoms with van der Waals surface area (Å²) < 4.78 is 0. The third kappa shape index (κ3) is 4.32. The van der Waals surface area contributed by atoms with Crippen LogP contribution in [0.2, 0.25) is 5.02 Å². The summed E-state index contributed by atoms with van der Waals surface area (Å²) in [4.78, 5) is 5.10. The zero-order chi connectivity index (χ0) is 11.1. The zero-order valence-electron chi connectivity index (χ0n) is 8.74. The summed E-state index contributed by atoms with van der Waals surface area (Å²) in [7, 11) is 0. The van der Waals surface area contributed by atoms with Crippen LogP contribution in [0, 0.1) is 0 Å². The fourth-order valence-electron chi connectivity index (χ4n) is 1.03. The van der Waals surface area contributed by atoms with Crippen LogP contribution >= 0.6 is 11.6 Å². The lowest BCUT2D eigenvalue weighted by molar-refractivity contribution is 0.143. The predicted octanol–water partition coefficient (Wildman–Crippen LogP) is 2.43. The molecule has 0 radical (unpaired) electrons. The molecule has 0 unspecified atom stereocenters. The van der Waals surface area contributed by atoms with Crippen LogP contribution in [0.25, 0.3) is 0 Å². The van der Waals surface area contributed by atoms with Gasteiger partial charge in [0.15, 0.2) is 0 Å². The fourth-order valence-corrected chi connectivity index (χ4v) is 1.16. The van der Waals surface area contributed by atoms with Crippen molar-refractivity contribution in [3.05, 3.63) is 34.9 Å². The Bertz CT molecular complexity index is 322. The molecule has 0 aromatic heterocycles. The van der Waals surface area contributed by atoms with Crippen molar-refractivity contribution in [1.82, 2.24) is 0 Å².